The van der Waals surface area contributed by atoms with E-state index in [1.54, 1.807) is 6.92 Å². The summed E-state index contributed by atoms with van der Waals surface area (Å²) in [5.74, 6) is 2.25. The molecule has 0 aromatic heterocycles. The van der Waals surface area contributed by atoms with E-state index in [9.17, 15) is 5.26 Å². The van der Waals surface area contributed by atoms with Crippen LogP contribution in [0, 0.1) is 23.7 Å². The average Bonchev–Trinajstić information content (AvgIpc) is 3.48. The van der Waals surface area contributed by atoms with Gasteiger partial charge in [0.2, 0.25) is 0 Å². The van der Waals surface area contributed by atoms with Crippen LogP contribution in [0.4, 0.5) is 22.7 Å². The van der Waals surface area contributed by atoms with Crippen LogP contribution in [-0.2, 0) is 0 Å². The van der Waals surface area contributed by atoms with Gasteiger partial charge in [0.1, 0.15) is 0 Å². The maximum Gasteiger partial charge on any atom is 0.0991 e. The molecule has 0 aliphatic carbocycles. The fourth-order valence-electron chi connectivity index (χ4n) is 6.73. The first-order chi connectivity index (χ1) is 26.6. The molecule has 0 saturated heterocycles. The summed E-state index contributed by atoms with van der Waals surface area (Å²) in [7, 11) is 0. The van der Waals surface area contributed by atoms with Gasteiger partial charge in [-0.2, -0.15) is 5.26 Å². The second-order valence-corrected chi connectivity index (χ2v) is 12.8. The molecule has 3 nitrogen and oxygen atoms in total. The molecule has 5 aromatic carbocycles. The molecule has 54 heavy (non-hydrogen) atoms. The van der Waals surface area contributed by atoms with Crippen LogP contribution in [-0.4, -0.2) is 0 Å². The SMILES string of the molecule is C#CC.C=CCC1=C(/C=C\C)N(c2ccc(-c3ccc(C#N)cc3)cc2)/C(=C/C=C/c2ccc3c(c2)C=Cc2ccccc2N3c2ccccc2)CC=C1. The second kappa shape index (κ2) is 17.9. The van der Waals surface area contributed by atoms with E-state index in [1.165, 1.54) is 28.1 Å². The van der Waals surface area contributed by atoms with Crippen molar-refractivity contribution in [3.8, 4) is 29.5 Å². The Morgan fingerprint density at radius 2 is 1.39 bits per heavy atom. The fraction of sp³-hybridized carbons (Fsp3) is 0.0784. The fourth-order valence-corrected chi connectivity index (χ4v) is 6.73. The van der Waals surface area contributed by atoms with Crippen LogP contribution in [0.2, 0.25) is 0 Å². The molecule has 2 aliphatic rings. The Morgan fingerprint density at radius 3 is 2.09 bits per heavy atom. The Kier molecular flexibility index (Phi) is 12.2. The molecule has 5 aromatic rings. The molecule has 2 aliphatic heterocycles. The standard InChI is InChI=1S/C48H39N3.C3H4/c1-3-12-40-16-11-20-43(50(46(40)13-4-2)45-31-29-39(30-32-45)38-25-22-37(35-49)23-26-38)19-10-14-36-24-33-48-42(34-36)28-27-41-15-8-9-21-47(41)51(48)44-17-6-5-7-18-44;1-3-2/h3-11,13-19,21-34H,1,12,20H2,2H3;1H,2H3/b13-4-,14-10+,43-19+;. The van der Waals surface area contributed by atoms with Gasteiger partial charge in [0.25, 0.3) is 0 Å². The van der Waals surface area contributed by atoms with Crippen LogP contribution in [0.5, 0.6) is 0 Å². The molecule has 0 radical (unpaired) electrons. The van der Waals surface area contributed by atoms with Crippen molar-refractivity contribution < 1.29 is 0 Å². The summed E-state index contributed by atoms with van der Waals surface area (Å²) < 4.78 is 0. The molecular formula is C51H43N3. The zero-order valence-corrected chi connectivity index (χ0v) is 30.9. The van der Waals surface area contributed by atoms with Crippen LogP contribution in [0.15, 0.2) is 187 Å². The highest BCUT2D eigenvalue weighted by Crippen LogP contribution is 2.42. The summed E-state index contributed by atoms with van der Waals surface area (Å²) in [6.07, 6.45) is 27.9. The third-order valence-corrected chi connectivity index (χ3v) is 9.17. The Morgan fingerprint density at radius 1 is 0.741 bits per heavy atom. The Balaban J connectivity index is 0.00000160. The van der Waals surface area contributed by atoms with Crippen LogP contribution >= 0.6 is 0 Å². The number of para-hydroxylation sites is 2. The lowest BCUT2D eigenvalue weighted by Gasteiger charge is -2.29. The minimum atomic E-state index is 0.660. The summed E-state index contributed by atoms with van der Waals surface area (Å²) >= 11 is 0. The van der Waals surface area contributed by atoms with Crippen LogP contribution in [0.3, 0.4) is 0 Å². The smallest absolute Gasteiger partial charge is 0.0991 e. The van der Waals surface area contributed by atoms with Crippen LogP contribution in [0.1, 0.15) is 48.9 Å². The summed E-state index contributed by atoms with van der Waals surface area (Å²) in [6, 6.07) is 44.4. The minimum Gasteiger partial charge on any atom is -0.314 e. The van der Waals surface area contributed by atoms with Crippen molar-refractivity contribution >= 4 is 41.0 Å². The van der Waals surface area contributed by atoms with E-state index in [4.69, 9.17) is 0 Å². The highest BCUT2D eigenvalue weighted by Gasteiger charge is 2.21. The minimum absolute atomic E-state index is 0.660. The monoisotopic (exact) mass is 697 g/mol. The van der Waals surface area contributed by atoms with E-state index in [0.717, 1.165) is 52.3 Å². The first-order valence-corrected chi connectivity index (χ1v) is 18.1. The molecule has 0 atom stereocenters. The quantitative estimate of drug-likeness (QED) is 0.117. The molecule has 0 spiro atoms. The van der Waals surface area contributed by atoms with Gasteiger partial charge >= 0.3 is 0 Å². The number of benzene rings is 5. The van der Waals surface area contributed by atoms with Crippen molar-refractivity contribution in [2.24, 2.45) is 0 Å². The lowest BCUT2D eigenvalue weighted by molar-refractivity contribution is 1.03. The first-order valence-electron chi connectivity index (χ1n) is 18.1. The summed E-state index contributed by atoms with van der Waals surface area (Å²) in [5.41, 5.74) is 14.4. The molecule has 0 bridgehead atoms. The Labute approximate surface area is 320 Å². The highest BCUT2D eigenvalue weighted by molar-refractivity contribution is 5.93. The van der Waals surface area contributed by atoms with Gasteiger partial charge in [-0.15, -0.1) is 18.9 Å². The summed E-state index contributed by atoms with van der Waals surface area (Å²) in [5, 5.41) is 9.23. The number of nitriles is 1. The van der Waals surface area contributed by atoms with Gasteiger partial charge in [-0.05, 0) is 120 Å². The average molecular weight is 698 g/mol. The molecule has 3 heteroatoms. The molecular weight excluding hydrogens is 655 g/mol. The third kappa shape index (κ3) is 8.35. The maximum absolute atomic E-state index is 9.23. The Bertz CT molecular complexity index is 2370. The van der Waals surface area contributed by atoms with Crippen molar-refractivity contribution in [2.75, 3.05) is 9.80 Å². The normalized spacial score (nSPS) is 14.1. The maximum atomic E-state index is 9.23. The van der Waals surface area contributed by atoms with Gasteiger partial charge in [-0.3, -0.25) is 0 Å². The molecule has 0 N–H and O–H groups in total. The van der Waals surface area contributed by atoms with Gasteiger partial charge in [-0.1, -0.05) is 115 Å². The van der Waals surface area contributed by atoms with E-state index in [1.807, 2.05) is 30.3 Å². The zero-order chi connectivity index (χ0) is 37.7. The second-order valence-electron chi connectivity index (χ2n) is 12.8. The predicted octanol–water partition coefficient (Wildman–Crippen LogP) is 13.6. The molecule has 0 amide bonds. The van der Waals surface area contributed by atoms with Crippen molar-refractivity contribution in [1.29, 1.82) is 5.26 Å². The highest BCUT2D eigenvalue weighted by atomic mass is 15.2. The lowest BCUT2D eigenvalue weighted by atomic mass is 10.0. The van der Waals surface area contributed by atoms with Crippen molar-refractivity contribution in [3.05, 3.63) is 210 Å². The molecule has 0 fully saturated rings. The number of hydrogen-bond donors (Lipinski definition) is 0. The third-order valence-electron chi connectivity index (χ3n) is 9.17. The summed E-state index contributed by atoms with van der Waals surface area (Å²) in [6.45, 7) is 7.76. The van der Waals surface area contributed by atoms with Gasteiger partial charge in [0.15, 0.2) is 0 Å². The van der Waals surface area contributed by atoms with Crippen LogP contribution in [0.25, 0.3) is 29.4 Å². The van der Waals surface area contributed by atoms with Gasteiger partial charge < -0.3 is 9.80 Å². The van der Waals surface area contributed by atoms with Crippen molar-refractivity contribution in [3.63, 3.8) is 0 Å². The molecule has 2 heterocycles. The van der Waals surface area contributed by atoms with E-state index in [-0.39, 0.29) is 0 Å². The largest absolute Gasteiger partial charge is 0.314 e. The number of allylic oxidation sites excluding steroid dienone is 8. The zero-order valence-electron chi connectivity index (χ0n) is 30.9. The number of rotatable bonds is 8. The van der Waals surface area contributed by atoms with Gasteiger partial charge in [0.05, 0.1) is 23.0 Å². The van der Waals surface area contributed by atoms with E-state index in [2.05, 4.69) is 193 Å². The molecule has 262 valence electrons. The lowest BCUT2D eigenvalue weighted by Crippen LogP contribution is -2.21. The predicted molar refractivity (Wildman–Crippen MR) is 231 cm³/mol. The first kappa shape index (κ1) is 36.7. The van der Waals surface area contributed by atoms with E-state index in [0.29, 0.717) is 5.56 Å². The van der Waals surface area contributed by atoms with Crippen molar-refractivity contribution in [1.82, 2.24) is 0 Å². The van der Waals surface area contributed by atoms with E-state index >= 15 is 0 Å². The Hall–Kier alpha value is -7.07. The molecule has 0 saturated carbocycles. The number of fused-ring (bicyclic) bond motifs is 2. The van der Waals surface area contributed by atoms with Gasteiger partial charge in [0, 0.05) is 29.2 Å². The summed E-state index contributed by atoms with van der Waals surface area (Å²) in [4.78, 5) is 4.71. The van der Waals surface area contributed by atoms with Crippen LogP contribution < -0.4 is 9.80 Å². The number of anilines is 4. The molecule has 7 rings (SSSR count). The van der Waals surface area contributed by atoms with Crippen molar-refractivity contribution in [2.45, 2.75) is 26.7 Å². The number of hydrogen-bond acceptors (Lipinski definition) is 3. The topological polar surface area (TPSA) is 30.3 Å². The number of nitrogens with zero attached hydrogens (tertiary/aromatic N) is 3. The molecule has 0 unspecified atom stereocenters. The van der Waals surface area contributed by atoms with E-state index < -0.39 is 0 Å². The number of terminal acetylenes is 1. The van der Waals surface area contributed by atoms with Gasteiger partial charge in [-0.25, -0.2) is 0 Å².